The fourth-order valence-corrected chi connectivity index (χ4v) is 0.918. The fourth-order valence-electron chi connectivity index (χ4n) is 0.918. The Balaban J connectivity index is 2.36. The zero-order valence-electron chi connectivity index (χ0n) is 6.75. The predicted octanol–water partition coefficient (Wildman–Crippen LogP) is 2.27. The van der Waals surface area contributed by atoms with E-state index in [9.17, 15) is 4.79 Å². The second kappa shape index (κ2) is 4.40. The van der Waals surface area contributed by atoms with Crippen LogP contribution < -0.4 is 0 Å². The third kappa shape index (κ3) is 2.28. The molecule has 1 rings (SSSR count). The van der Waals surface area contributed by atoms with Crippen LogP contribution in [0, 0.1) is 12.3 Å². The summed E-state index contributed by atoms with van der Waals surface area (Å²) in [6.45, 7) is 0. The lowest BCUT2D eigenvalue weighted by molar-refractivity contribution is 0.0980. The average molecular weight is 162 g/mol. The summed E-state index contributed by atoms with van der Waals surface area (Å²) >= 11 is 0. The van der Waals surface area contributed by atoms with Crippen molar-refractivity contribution in [1.82, 2.24) is 0 Å². The lowest BCUT2D eigenvalue weighted by Crippen LogP contribution is -1.95. The van der Waals surface area contributed by atoms with Gasteiger partial charge in [0.1, 0.15) is 6.26 Å². The van der Waals surface area contributed by atoms with Gasteiger partial charge in [-0.3, -0.25) is 4.79 Å². The van der Waals surface area contributed by atoms with Crippen LogP contribution in [-0.2, 0) is 0 Å². The number of carbonyl (C=O) groups excluding carboxylic acids is 1. The highest BCUT2D eigenvalue weighted by molar-refractivity contribution is 5.95. The van der Waals surface area contributed by atoms with Crippen LogP contribution in [0.1, 0.15) is 29.6 Å². The lowest BCUT2D eigenvalue weighted by atomic mass is 10.1. The Kier molecular flexibility index (Phi) is 3.16. The van der Waals surface area contributed by atoms with Gasteiger partial charge in [0, 0.05) is 12.8 Å². The third-order valence-corrected chi connectivity index (χ3v) is 1.57. The Bertz CT molecular complexity index is 277. The summed E-state index contributed by atoms with van der Waals surface area (Å²) in [5.74, 6) is 2.59. The Labute approximate surface area is 71.6 Å². The SMILES string of the molecule is C#CCCCC(=O)c1ccoc1. The maximum Gasteiger partial charge on any atom is 0.166 e. The van der Waals surface area contributed by atoms with E-state index in [2.05, 4.69) is 5.92 Å². The summed E-state index contributed by atoms with van der Waals surface area (Å²) in [6.07, 6.45) is 9.92. The number of rotatable bonds is 4. The van der Waals surface area contributed by atoms with Gasteiger partial charge in [0.2, 0.25) is 0 Å². The molecule has 0 aromatic carbocycles. The number of furan rings is 1. The van der Waals surface area contributed by atoms with Gasteiger partial charge in [-0.2, -0.15) is 0 Å². The highest BCUT2D eigenvalue weighted by Crippen LogP contribution is 2.06. The Hall–Kier alpha value is -1.49. The van der Waals surface area contributed by atoms with Gasteiger partial charge in [-0.25, -0.2) is 0 Å². The van der Waals surface area contributed by atoms with Crippen LogP contribution >= 0.6 is 0 Å². The van der Waals surface area contributed by atoms with Gasteiger partial charge in [0.15, 0.2) is 5.78 Å². The van der Waals surface area contributed by atoms with Crippen molar-refractivity contribution in [2.45, 2.75) is 19.3 Å². The maximum atomic E-state index is 11.3. The van der Waals surface area contributed by atoms with Gasteiger partial charge >= 0.3 is 0 Å². The summed E-state index contributed by atoms with van der Waals surface area (Å²) in [5, 5.41) is 0. The van der Waals surface area contributed by atoms with Gasteiger partial charge in [-0.15, -0.1) is 12.3 Å². The molecule has 0 bridgehead atoms. The fraction of sp³-hybridized carbons (Fsp3) is 0.300. The molecule has 0 fully saturated rings. The molecule has 1 aromatic rings. The molecule has 1 heterocycles. The highest BCUT2D eigenvalue weighted by Gasteiger charge is 2.05. The molecule has 62 valence electrons. The second-order valence-corrected chi connectivity index (χ2v) is 2.49. The predicted molar refractivity (Wildman–Crippen MR) is 45.7 cm³/mol. The van der Waals surface area contributed by atoms with Gasteiger partial charge in [-0.1, -0.05) is 0 Å². The van der Waals surface area contributed by atoms with Crippen LogP contribution in [0.15, 0.2) is 23.0 Å². The summed E-state index contributed by atoms with van der Waals surface area (Å²) < 4.78 is 4.78. The van der Waals surface area contributed by atoms with Crippen molar-refractivity contribution in [2.75, 3.05) is 0 Å². The van der Waals surface area contributed by atoms with E-state index in [0.29, 0.717) is 18.4 Å². The Morgan fingerprint density at radius 3 is 3.08 bits per heavy atom. The zero-order valence-corrected chi connectivity index (χ0v) is 6.75. The number of hydrogen-bond donors (Lipinski definition) is 0. The molecule has 0 radical (unpaired) electrons. The topological polar surface area (TPSA) is 30.2 Å². The molecule has 0 aliphatic carbocycles. The summed E-state index contributed by atoms with van der Waals surface area (Å²) in [5.41, 5.74) is 0.632. The van der Waals surface area contributed by atoms with Crippen molar-refractivity contribution in [3.63, 3.8) is 0 Å². The third-order valence-electron chi connectivity index (χ3n) is 1.57. The highest BCUT2D eigenvalue weighted by atomic mass is 16.3. The first-order valence-electron chi connectivity index (χ1n) is 3.83. The Morgan fingerprint density at radius 1 is 1.67 bits per heavy atom. The smallest absolute Gasteiger partial charge is 0.166 e. The van der Waals surface area contributed by atoms with Crippen molar-refractivity contribution in [2.24, 2.45) is 0 Å². The summed E-state index contributed by atoms with van der Waals surface area (Å²) in [6, 6.07) is 1.66. The van der Waals surface area contributed by atoms with Crippen LogP contribution in [0.25, 0.3) is 0 Å². The van der Waals surface area contributed by atoms with Gasteiger partial charge in [-0.05, 0) is 12.5 Å². The number of unbranched alkanes of at least 4 members (excludes halogenated alkanes) is 1. The van der Waals surface area contributed by atoms with Crippen molar-refractivity contribution in [3.05, 3.63) is 24.2 Å². The minimum absolute atomic E-state index is 0.0963. The van der Waals surface area contributed by atoms with E-state index < -0.39 is 0 Å². The average Bonchev–Trinajstić information content (AvgIpc) is 2.56. The molecule has 0 saturated heterocycles. The maximum absolute atomic E-state index is 11.3. The molecule has 0 N–H and O–H groups in total. The van der Waals surface area contributed by atoms with Crippen LogP contribution in [0.3, 0.4) is 0 Å². The Morgan fingerprint density at radius 2 is 2.50 bits per heavy atom. The van der Waals surface area contributed by atoms with Gasteiger partial charge in [0.25, 0.3) is 0 Å². The molecular weight excluding hydrogens is 152 g/mol. The number of ketones is 1. The summed E-state index contributed by atoms with van der Waals surface area (Å²) in [7, 11) is 0. The standard InChI is InChI=1S/C10H10O2/c1-2-3-4-5-10(11)9-6-7-12-8-9/h1,6-8H,3-5H2. The van der Waals surface area contributed by atoms with Crippen LogP contribution in [0.2, 0.25) is 0 Å². The molecule has 12 heavy (non-hydrogen) atoms. The van der Waals surface area contributed by atoms with Crippen LogP contribution in [0.4, 0.5) is 0 Å². The van der Waals surface area contributed by atoms with E-state index in [1.807, 2.05) is 0 Å². The number of hydrogen-bond acceptors (Lipinski definition) is 2. The normalized spacial score (nSPS) is 9.25. The van der Waals surface area contributed by atoms with Gasteiger partial charge in [0.05, 0.1) is 11.8 Å². The van der Waals surface area contributed by atoms with E-state index in [-0.39, 0.29) is 5.78 Å². The molecule has 0 aliphatic heterocycles. The molecule has 0 spiro atoms. The molecule has 0 aliphatic rings. The number of Topliss-reactive ketones (excluding diaryl/α,β-unsaturated/α-hetero) is 1. The van der Waals surface area contributed by atoms with Crippen LogP contribution in [0.5, 0.6) is 0 Å². The van der Waals surface area contributed by atoms with E-state index >= 15 is 0 Å². The van der Waals surface area contributed by atoms with E-state index in [0.717, 1.165) is 6.42 Å². The first-order valence-corrected chi connectivity index (χ1v) is 3.83. The second-order valence-electron chi connectivity index (χ2n) is 2.49. The molecule has 0 saturated carbocycles. The minimum Gasteiger partial charge on any atom is -0.472 e. The summed E-state index contributed by atoms with van der Waals surface area (Å²) in [4.78, 5) is 11.3. The molecule has 1 aromatic heterocycles. The number of carbonyl (C=O) groups is 1. The van der Waals surface area contributed by atoms with Crippen molar-refractivity contribution >= 4 is 5.78 Å². The lowest BCUT2D eigenvalue weighted by Gasteiger charge is -1.92. The van der Waals surface area contributed by atoms with Crippen molar-refractivity contribution < 1.29 is 9.21 Å². The number of terminal acetylenes is 1. The van der Waals surface area contributed by atoms with E-state index in [4.69, 9.17) is 10.8 Å². The quantitative estimate of drug-likeness (QED) is 0.386. The van der Waals surface area contributed by atoms with E-state index in [1.54, 1.807) is 6.07 Å². The van der Waals surface area contributed by atoms with Gasteiger partial charge < -0.3 is 4.42 Å². The van der Waals surface area contributed by atoms with Crippen molar-refractivity contribution in [3.8, 4) is 12.3 Å². The molecule has 2 heteroatoms. The van der Waals surface area contributed by atoms with Crippen molar-refractivity contribution in [1.29, 1.82) is 0 Å². The molecular formula is C10H10O2. The van der Waals surface area contributed by atoms with Crippen LogP contribution in [-0.4, -0.2) is 5.78 Å². The largest absolute Gasteiger partial charge is 0.472 e. The molecule has 0 amide bonds. The monoisotopic (exact) mass is 162 g/mol. The minimum atomic E-state index is 0.0963. The first kappa shape index (κ1) is 8.61. The molecule has 2 nitrogen and oxygen atoms in total. The van der Waals surface area contributed by atoms with E-state index in [1.165, 1.54) is 12.5 Å². The molecule has 0 atom stereocenters. The molecule has 0 unspecified atom stereocenters. The first-order chi connectivity index (χ1) is 5.84. The zero-order chi connectivity index (χ0) is 8.81.